The number of anilines is 1. The van der Waals surface area contributed by atoms with E-state index in [0.29, 0.717) is 17.9 Å². The predicted octanol–water partition coefficient (Wildman–Crippen LogP) is 2.96. The highest BCUT2D eigenvalue weighted by atomic mass is 32.1. The van der Waals surface area contributed by atoms with Gasteiger partial charge in [0, 0.05) is 18.3 Å². The summed E-state index contributed by atoms with van der Waals surface area (Å²) in [4.78, 5) is 11.6. The molecule has 108 valence electrons. The first-order chi connectivity index (χ1) is 10.2. The van der Waals surface area contributed by atoms with Crippen LogP contribution in [0.25, 0.3) is 0 Å². The highest BCUT2D eigenvalue weighted by Gasteiger charge is 2.05. The third-order valence-electron chi connectivity index (χ3n) is 2.81. The monoisotopic (exact) mass is 300 g/mol. The lowest BCUT2D eigenvalue weighted by Gasteiger charge is -2.10. The second-order valence-corrected chi connectivity index (χ2v) is 4.72. The van der Waals surface area contributed by atoms with E-state index in [-0.39, 0.29) is 11.1 Å². The van der Waals surface area contributed by atoms with Crippen LogP contribution in [-0.2, 0) is 11.3 Å². The third-order valence-corrected chi connectivity index (χ3v) is 3.03. The van der Waals surface area contributed by atoms with Crippen LogP contribution >= 0.6 is 12.2 Å². The molecule has 0 unspecified atom stereocenters. The number of thiocarbonyl (C=S) groups is 1. The van der Waals surface area contributed by atoms with Crippen molar-refractivity contribution in [1.29, 1.82) is 0 Å². The average molecular weight is 300 g/mol. The molecule has 2 N–H and O–H groups in total. The Morgan fingerprint density at radius 2 is 1.90 bits per heavy atom. The minimum absolute atomic E-state index is 0.144. The van der Waals surface area contributed by atoms with Gasteiger partial charge in [-0.2, -0.15) is 0 Å². The number of hydrogen-bond acceptors (Lipinski definition) is 3. The summed E-state index contributed by atoms with van der Waals surface area (Å²) in [5.74, 6) is -0.144. The lowest BCUT2D eigenvalue weighted by atomic mass is 10.2. The molecule has 2 aromatic rings. The van der Waals surface area contributed by atoms with Crippen LogP contribution in [-0.4, -0.2) is 18.1 Å². The third kappa shape index (κ3) is 4.57. The van der Waals surface area contributed by atoms with Crippen molar-refractivity contribution >= 4 is 29.0 Å². The summed E-state index contributed by atoms with van der Waals surface area (Å²) in [6, 6.07) is 16.8. The first-order valence-corrected chi connectivity index (χ1v) is 6.89. The average Bonchev–Trinajstić information content (AvgIpc) is 2.53. The van der Waals surface area contributed by atoms with Gasteiger partial charge in [-0.05, 0) is 36.0 Å². The fourth-order valence-corrected chi connectivity index (χ4v) is 1.94. The molecule has 0 heterocycles. The molecule has 0 aliphatic rings. The van der Waals surface area contributed by atoms with Gasteiger partial charge in [-0.3, -0.25) is 4.79 Å². The highest BCUT2D eigenvalue weighted by molar-refractivity contribution is 7.80. The highest BCUT2D eigenvalue weighted by Crippen LogP contribution is 2.11. The zero-order valence-corrected chi connectivity index (χ0v) is 12.4. The molecular weight excluding hydrogens is 284 g/mol. The minimum Gasteiger partial charge on any atom is -0.466 e. The van der Waals surface area contributed by atoms with E-state index in [9.17, 15) is 4.79 Å². The van der Waals surface area contributed by atoms with Crippen LogP contribution in [0.4, 0.5) is 5.69 Å². The zero-order valence-electron chi connectivity index (χ0n) is 11.6. The maximum atomic E-state index is 11.6. The molecular formula is C16H16N2O2S. The Hall–Kier alpha value is -2.40. The molecule has 0 aliphatic carbocycles. The van der Waals surface area contributed by atoms with Gasteiger partial charge in [0.1, 0.15) is 6.61 Å². The molecule has 0 saturated carbocycles. The number of nitrogens with one attached hydrogen (secondary N) is 2. The molecule has 1 amide bonds. The van der Waals surface area contributed by atoms with Gasteiger partial charge in [-0.25, -0.2) is 0 Å². The van der Waals surface area contributed by atoms with Crippen molar-refractivity contribution in [3.05, 3.63) is 65.7 Å². The zero-order chi connectivity index (χ0) is 15.1. The van der Waals surface area contributed by atoms with E-state index in [1.165, 1.54) is 0 Å². The molecule has 4 nitrogen and oxygen atoms in total. The number of ether oxygens (including phenoxy) is 1. The quantitative estimate of drug-likeness (QED) is 0.852. The Bertz CT molecular complexity index is 629. The van der Waals surface area contributed by atoms with Crippen LogP contribution in [0.5, 0.6) is 0 Å². The Morgan fingerprint density at radius 1 is 1.14 bits per heavy atom. The summed E-state index contributed by atoms with van der Waals surface area (Å²) in [7, 11) is 1.59. The van der Waals surface area contributed by atoms with Gasteiger partial charge in [-0.15, -0.1) is 0 Å². The van der Waals surface area contributed by atoms with Crippen molar-refractivity contribution in [3.8, 4) is 0 Å². The molecule has 2 rings (SSSR count). The Balaban J connectivity index is 1.92. The van der Waals surface area contributed by atoms with Crippen molar-refractivity contribution in [3.63, 3.8) is 0 Å². The van der Waals surface area contributed by atoms with Crippen LogP contribution in [0.2, 0.25) is 0 Å². The van der Waals surface area contributed by atoms with Gasteiger partial charge < -0.3 is 15.4 Å². The van der Waals surface area contributed by atoms with Gasteiger partial charge in [0.2, 0.25) is 0 Å². The topological polar surface area (TPSA) is 50.4 Å². The van der Waals surface area contributed by atoms with Gasteiger partial charge in [0.15, 0.2) is 0 Å². The number of hydrogen-bond donors (Lipinski definition) is 2. The molecule has 0 aliphatic heterocycles. The number of amides is 1. The lowest BCUT2D eigenvalue weighted by Crippen LogP contribution is -2.18. The van der Waals surface area contributed by atoms with E-state index in [1.807, 2.05) is 36.4 Å². The van der Waals surface area contributed by atoms with Crippen LogP contribution in [0, 0.1) is 0 Å². The van der Waals surface area contributed by atoms with Crippen LogP contribution in [0.15, 0.2) is 54.6 Å². The first kappa shape index (κ1) is 15.0. The number of carbonyl (C=O) groups excluding carboxylic acids is 1. The molecule has 5 heteroatoms. The fraction of sp³-hybridized carbons (Fsp3) is 0.125. The summed E-state index contributed by atoms with van der Waals surface area (Å²) in [6.07, 6.45) is 0. The van der Waals surface area contributed by atoms with Crippen molar-refractivity contribution in [2.24, 2.45) is 0 Å². The van der Waals surface area contributed by atoms with Crippen LogP contribution < -0.4 is 10.6 Å². The standard InChI is InChI=1S/C16H16N2O2S/c1-17-15(19)13-8-5-9-14(10-13)18-16(21)20-11-12-6-3-2-4-7-12/h2-10H,11H2,1H3,(H,17,19)(H,18,21). The Morgan fingerprint density at radius 3 is 2.62 bits per heavy atom. The summed E-state index contributed by atoms with van der Waals surface area (Å²) in [5.41, 5.74) is 2.32. The molecule has 0 atom stereocenters. The van der Waals surface area contributed by atoms with E-state index in [4.69, 9.17) is 17.0 Å². The summed E-state index contributed by atoms with van der Waals surface area (Å²) >= 11 is 5.14. The fourth-order valence-electron chi connectivity index (χ4n) is 1.76. The maximum absolute atomic E-state index is 11.6. The van der Waals surface area contributed by atoms with E-state index < -0.39 is 0 Å². The summed E-state index contributed by atoms with van der Waals surface area (Å²) in [5, 5.41) is 5.81. The number of carbonyl (C=O) groups is 1. The van der Waals surface area contributed by atoms with Crippen molar-refractivity contribution in [1.82, 2.24) is 5.32 Å². The van der Waals surface area contributed by atoms with Crippen LogP contribution in [0.3, 0.4) is 0 Å². The van der Waals surface area contributed by atoms with Gasteiger partial charge in [0.05, 0.1) is 0 Å². The van der Waals surface area contributed by atoms with Crippen molar-refractivity contribution in [2.75, 3.05) is 12.4 Å². The predicted molar refractivity (Wildman–Crippen MR) is 87.3 cm³/mol. The molecule has 21 heavy (non-hydrogen) atoms. The first-order valence-electron chi connectivity index (χ1n) is 6.49. The van der Waals surface area contributed by atoms with Crippen molar-refractivity contribution < 1.29 is 9.53 Å². The molecule has 0 aromatic heterocycles. The lowest BCUT2D eigenvalue weighted by molar-refractivity contribution is 0.0963. The van der Waals surface area contributed by atoms with E-state index >= 15 is 0 Å². The van der Waals surface area contributed by atoms with Gasteiger partial charge in [0.25, 0.3) is 11.1 Å². The molecule has 0 spiro atoms. The SMILES string of the molecule is CNC(=O)c1cccc(NC(=S)OCc2ccccc2)c1. The second kappa shape index (κ2) is 7.40. The largest absolute Gasteiger partial charge is 0.466 e. The smallest absolute Gasteiger partial charge is 0.261 e. The van der Waals surface area contributed by atoms with E-state index in [1.54, 1.807) is 25.2 Å². The molecule has 0 fully saturated rings. The second-order valence-electron chi connectivity index (χ2n) is 4.35. The minimum atomic E-state index is -0.144. The normalized spacial score (nSPS) is 9.76. The Kier molecular flexibility index (Phi) is 5.29. The molecule has 2 aromatic carbocycles. The summed E-state index contributed by atoms with van der Waals surface area (Å²) in [6.45, 7) is 0.405. The van der Waals surface area contributed by atoms with E-state index in [2.05, 4.69) is 10.6 Å². The molecule has 0 radical (unpaired) electrons. The number of benzene rings is 2. The van der Waals surface area contributed by atoms with Gasteiger partial charge >= 0.3 is 0 Å². The van der Waals surface area contributed by atoms with Crippen LogP contribution in [0.1, 0.15) is 15.9 Å². The summed E-state index contributed by atoms with van der Waals surface area (Å²) < 4.78 is 5.48. The van der Waals surface area contributed by atoms with Gasteiger partial charge in [-0.1, -0.05) is 36.4 Å². The number of rotatable bonds is 4. The Labute approximate surface area is 129 Å². The van der Waals surface area contributed by atoms with E-state index in [0.717, 1.165) is 5.56 Å². The molecule has 0 saturated heterocycles. The maximum Gasteiger partial charge on any atom is 0.261 e. The van der Waals surface area contributed by atoms with Crippen molar-refractivity contribution in [2.45, 2.75) is 6.61 Å². The molecule has 0 bridgehead atoms.